The number of nitrogens with one attached hydrogen (secondary N) is 2. The third kappa shape index (κ3) is 11.0. The summed E-state index contributed by atoms with van der Waals surface area (Å²) in [6, 6.07) is 38.7. The first-order valence-corrected chi connectivity index (χ1v) is 22.9. The maximum absolute atomic E-state index is 13.5. The van der Waals surface area contributed by atoms with Crippen molar-refractivity contribution in [3.8, 4) is 16.9 Å². The number of rotatable bonds is 17. The smallest absolute Gasteiger partial charge is 0.208 e. The van der Waals surface area contributed by atoms with Gasteiger partial charge in [-0.25, -0.2) is 13.5 Å². The van der Waals surface area contributed by atoms with Crippen LogP contribution >= 0.6 is 11.9 Å². The van der Waals surface area contributed by atoms with Gasteiger partial charge in [-0.1, -0.05) is 72.8 Å². The van der Waals surface area contributed by atoms with Crippen LogP contribution in [0.15, 0.2) is 119 Å². The number of hydrogen-bond donors (Lipinski definition) is 2. The molecule has 0 radical (unpaired) electrons. The molecule has 0 spiro atoms. The standard InChI is InChI=1S/C49H56N5O3S2/c1-34-8-20-46(28-49(34)52(3)4)58-50-42-22-24-53(32-42)30-36-9-13-39(14-10-36)40-7-5-6-38(26-40)27-41-15-21-47(29-48(41)35(2)55)59(56)51-43-23-25-54(33-43)31-37-11-16-44(17-12-37)57-45-18-19-45/h5-17,20-21,26,28-29,42-43,45,50-51H,3,18-19,22-25,27,30-33H2,1-2,4H3/q+1. The van der Waals surface area contributed by atoms with Crippen LogP contribution in [0.1, 0.15) is 70.8 Å². The summed E-state index contributed by atoms with van der Waals surface area (Å²) in [5, 5.41) is 0. The minimum atomic E-state index is -1.42. The largest absolute Gasteiger partial charge is 0.490 e. The van der Waals surface area contributed by atoms with E-state index >= 15 is 0 Å². The van der Waals surface area contributed by atoms with E-state index in [1.54, 1.807) is 18.9 Å². The lowest BCUT2D eigenvalue weighted by atomic mass is 9.95. The van der Waals surface area contributed by atoms with Crippen LogP contribution in [0.5, 0.6) is 5.75 Å². The van der Waals surface area contributed by atoms with E-state index in [9.17, 15) is 9.00 Å². The van der Waals surface area contributed by atoms with Crippen LogP contribution < -0.4 is 14.2 Å². The highest BCUT2D eigenvalue weighted by molar-refractivity contribution is 7.97. The van der Waals surface area contributed by atoms with Crippen LogP contribution in [-0.2, 0) is 30.5 Å². The van der Waals surface area contributed by atoms with Crippen molar-refractivity contribution in [1.29, 1.82) is 0 Å². The summed E-state index contributed by atoms with van der Waals surface area (Å²) in [4.78, 5) is 19.7. The molecule has 2 heterocycles. The second-order valence-corrected chi connectivity index (χ2v) is 18.8. The molecule has 59 heavy (non-hydrogen) atoms. The highest BCUT2D eigenvalue weighted by Crippen LogP contribution is 2.29. The normalized spacial score (nSPS) is 18.9. The van der Waals surface area contributed by atoms with Crippen molar-refractivity contribution in [2.75, 3.05) is 33.2 Å². The first-order chi connectivity index (χ1) is 28.6. The average molecular weight is 827 g/mol. The summed E-state index contributed by atoms with van der Waals surface area (Å²) in [5.74, 6) is 0.925. The number of ketones is 1. The van der Waals surface area contributed by atoms with Gasteiger partial charge in [-0.05, 0) is 122 Å². The number of nitrogens with zero attached hydrogens (tertiary/aromatic N) is 3. The molecule has 8 rings (SSSR count). The van der Waals surface area contributed by atoms with Crippen molar-refractivity contribution in [3.05, 3.63) is 143 Å². The predicted molar refractivity (Wildman–Crippen MR) is 241 cm³/mol. The Hall–Kier alpha value is -4.42. The van der Waals surface area contributed by atoms with Crippen molar-refractivity contribution in [2.24, 2.45) is 0 Å². The lowest BCUT2D eigenvalue weighted by Gasteiger charge is -2.17. The number of Topliss-reactive ketones (excluding diaryl/α,β-unsaturated/α-hetero) is 1. The summed E-state index contributed by atoms with van der Waals surface area (Å²) in [6.07, 6.45) is 5.38. The molecule has 1 aliphatic carbocycles. The predicted octanol–water partition coefficient (Wildman–Crippen LogP) is 8.73. The Morgan fingerprint density at radius 3 is 2.20 bits per heavy atom. The SMILES string of the molecule is C=[N+](C)c1cc(SNC2CCN(Cc3ccc(-c4cccc(Cc5ccc(S(=O)NC6CCN(Cc7ccc(OC8CC8)cc7)C6)cc5C(C)=O)c4)cc3)C2)ccc1C. The Morgan fingerprint density at radius 1 is 0.814 bits per heavy atom. The number of aryl methyl sites for hydroxylation is 1. The van der Waals surface area contributed by atoms with Gasteiger partial charge in [0.05, 0.1) is 11.0 Å². The maximum Gasteiger partial charge on any atom is 0.208 e. The number of hydrogen-bond acceptors (Lipinski definition) is 7. The van der Waals surface area contributed by atoms with Crippen molar-refractivity contribution < 1.29 is 18.3 Å². The van der Waals surface area contributed by atoms with Gasteiger partial charge in [0.2, 0.25) is 5.69 Å². The van der Waals surface area contributed by atoms with Crippen molar-refractivity contribution in [1.82, 2.24) is 19.2 Å². The van der Waals surface area contributed by atoms with Crippen LogP contribution in [-0.4, -0.2) is 82.5 Å². The van der Waals surface area contributed by atoms with Gasteiger partial charge in [-0.15, -0.1) is 0 Å². The van der Waals surface area contributed by atoms with Gasteiger partial charge in [-0.3, -0.25) is 19.3 Å². The summed E-state index contributed by atoms with van der Waals surface area (Å²) >= 11 is 1.71. The van der Waals surface area contributed by atoms with Gasteiger partial charge in [0.15, 0.2) is 5.78 Å². The van der Waals surface area contributed by atoms with Crippen LogP contribution in [0.3, 0.4) is 0 Å². The van der Waals surface area contributed by atoms with Gasteiger partial charge >= 0.3 is 0 Å². The number of ether oxygens (including phenoxy) is 1. The second-order valence-electron chi connectivity index (χ2n) is 16.6. The molecule has 0 aromatic heterocycles. The fourth-order valence-corrected chi connectivity index (χ4v) is 10.0. The Balaban J connectivity index is 0.825. The topological polar surface area (TPSA) is 76.9 Å². The zero-order valence-corrected chi connectivity index (χ0v) is 36.1. The molecule has 1 saturated carbocycles. The number of carbonyl (C=O) groups excluding carboxylic acids is 1. The molecular weight excluding hydrogens is 771 g/mol. The van der Waals surface area contributed by atoms with Gasteiger partial charge in [0.25, 0.3) is 0 Å². The highest BCUT2D eigenvalue weighted by atomic mass is 32.2. The Labute approximate surface area is 356 Å². The molecule has 8 nitrogen and oxygen atoms in total. The summed E-state index contributed by atoms with van der Waals surface area (Å²) in [5.41, 5.74) is 9.96. The van der Waals surface area contributed by atoms with Crippen LogP contribution in [0.2, 0.25) is 0 Å². The van der Waals surface area contributed by atoms with Gasteiger partial charge < -0.3 is 4.74 Å². The molecule has 0 bridgehead atoms. The van der Waals surface area contributed by atoms with E-state index in [1.807, 2.05) is 29.8 Å². The van der Waals surface area contributed by atoms with E-state index in [0.29, 0.717) is 29.0 Å². The van der Waals surface area contributed by atoms with Gasteiger partial charge in [0.1, 0.15) is 30.5 Å². The molecule has 3 fully saturated rings. The highest BCUT2D eigenvalue weighted by Gasteiger charge is 2.26. The molecule has 0 amide bonds. The van der Waals surface area contributed by atoms with E-state index in [1.165, 1.54) is 27.1 Å². The Kier molecular flexibility index (Phi) is 13.2. The fraction of sp³-hybridized carbons (Fsp3) is 0.347. The molecule has 2 aliphatic heterocycles. The van der Waals surface area contributed by atoms with E-state index in [0.717, 1.165) is 93.1 Å². The molecule has 306 valence electrons. The molecule has 2 N–H and O–H groups in total. The van der Waals surface area contributed by atoms with Gasteiger partial charge in [-0.2, -0.15) is 0 Å². The van der Waals surface area contributed by atoms with Crippen LogP contribution in [0.25, 0.3) is 11.1 Å². The number of likely N-dealkylation sites (tertiary alicyclic amines) is 2. The lowest BCUT2D eigenvalue weighted by Crippen LogP contribution is -2.33. The Bertz CT molecular complexity index is 2310. The molecule has 3 aliphatic rings. The van der Waals surface area contributed by atoms with Crippen molar-refractivity contribution >= 4 is 41.1 Å². The lowest BCUT2D eigenvalue weighted by molar-refractivity contribution is -0.395. The van der Waals surface area contributed by atoms with E-state index in [2.05, 4.69) is 124 Å². The monoisotopic (exact) mass is 826 g/mol. The maximum atomic E-state index is 13.5. The third-order valence-corrected chi connectivity index (χ3v) is 13.8. The summed E-state index contributed by atoms with van der Waals surface area (Å²) in [7, 11) is 0.564. The molecular formula is C49H56N5O3S2+. The van der Waals surface area contributed by atoms with E-state index in [-0.39, 0.29) is 11.8 Å². The quantitative estimate of drug-likeness (QED) is 0.0421. The summed E-state index contributed by atoms with van der Waals surface area (Å²) in [6.45, 7) is 13.4. The Morgan fingerprint density at radius 2 is 1.51 bits per heavy atom. The molecule has 5 aromatic rings. The molecule has 3 unspecified atom stereocenters. The minimum absolute atomic E-state index is 0.0207. The van der Waals surface area contributed by atoms with Crippen LogP contribution in [0.4, 0.5) is 5.69 Å². The van der Waals surface area contributed by atoms with Crippen molar-refractivity contribution in [2.45, 2.75) is 87.0 Å². The zero-order chi connectivity index (χ0) is 40.9. The molecule has 3 atom stereocenters. The first-order valence-electron chi connectivity index (χ1n) is 20.9. The second kappa shape index (κ2) is 18.9. The zero-order valence-electron chi connectivity index (χ0n) is 34.5. The first kappa shape index (κ1) is 41.3. The minimum Gasteiger partial charge on any atom is -0.490 e. The third-order valence-electron chi connectivity index (χ3n) is 11.6. The number of benzene rings is 5. The average Bonchev–Trinajstić information content (AvgIpc) is 3.76. The van der Waals surface area contributed by atoms with Crippen LogP contribution in [0, 0.1) is 6.92 Å². The molecule has 10 heteroatoms. The van der Waals surface area contributed by atoms with Gasteiger partial charge in [0, 0.05) is 73.4 Å². The van der Waals surface area contributed by atoms with Crippen molar-refractivity contribution in [3.63, 3.8) is 0 Å². The molecule has 2 saturated heterocycles. The number of carbonyl (C=O) groups is 1. The van der Waals surface area contributed by atoms with E-state index in [4.69, 9.17) is 4.74 Å². The van der Waals surface area contributed by atoms with E-state index < -0.39 is 11.0 Å². The summed E-state index contributed by atoms with van der Waals surface area (Å²) < 4.78 is 28.4. The molecule has 5 aromatic carbocycles. The fourth-order valence-electron chi connectivity index (χ4n) is 8.18.